The molecule has 0 aliphatic carbocycles. The van der Waals surface area contributed by atoms with Crippen molar-refractivity contribution in [3.63, 3.8) is 0 Å². The molecule has 0 bridgehead atoms. The van der Waals surface area contributed by atoms with Gasteiger partial charge in [0, 0.05) is 10.9 Å². The van der Waals surface area contributed by atoms with Crippen LogP contribution in [0.25, 0.3) is 22.1 Å². The quantitative estimate of drug-likeness (QED) is 0.603. The minimum absolute atomic E-state index is 0.156. The lowest BCUT2D eigenvalue weighted by Gasteiger charge is -1.92. The summed E-state index contributed by atoms with van der Waals surface area (Å²) < 4.78 is 31.3. The number of aromatic nitrogens is 4. The molecule has 0 saturated carbocycles. The second-order valence-electron chi connectivity index (χ2n) is 3.28. The molecule has 0 aliphatic heterocycles. The summed E-state index contributed by atoms with van der Waals surface area (Å²) in [6.07, 6.45) is 0. The van der Waals surface area contributed by atoms with Gasteiger partial charge < -0.3 is 4.98 Å². The van der Waals surface area contributed by atoms with Gasteiger partial charge in [0.05, 0.1) is 0 Å². The van der Waals surface area contributed by atoms with Gasteiger partial charge in [-0.2, -0.15) is 8.42 Å². The van der Waals surface area contributed by atoms with Crippen molar-refractivity contribution < 1.29 is 13.0 Å². The molecule has 0 amide bonds. The van der Waals surface area contributed by atoms with Crippen LogP contribution in [0, 0.1) is 0 Å². The van der Waals surface area contributed by atoms with Crippen LogP contribution in [0.15, 0.2) is 24.3 Å². The second-order valence-corrected chi connectivity index (χ2v) is 4.52. The molecule has 0 spiro atoms. The van der Waals surface area contributed by atoms with Crippen LogP contribution in [0.2, 0.25) is 0 Å². The molecule has 0 atom stereocenters. The predicted molar refractivity (Wildman–Crippen MR) is 56.3 cm³/mol. The second kappa shape index (κ2) is 2.80. The zero-order valence-corrected chi connectivity index (χ0v) is 8.64. The Kier molecular flexibility index (Phi) is 1.63. The molecule has 3 rings (SSSR count). The molecule has 0 fully saturated rings. The lowest BCUT2D eigenvalue weighted by atomic mass is 10.2. The number of para-hydroxylation sites is 1. The van der Waals surface area contributed by atoms with Gasteiger partial charge in [0.2, 0.25) is 0 Å². The average molecular weight is 238 g/mol. The van der Waals surface area contributed by atoms with Crippen molar-refractivity contribution in [3.8, 4) is 0 Å². The van der Waals surface area contributed by atoms with Crippen molar-refractivity contribution in [1.82, 2.24) is 19.4 Å². The highest BCUT2D eigenvalue weighted by Gasteiger charge is 2.18. The number of hydrogen-bond acceptors (Lipinski definition) is 4. The Hall–Kier alpha value is -1.93. The summed E-state index contributed by atoms with van der Waals surface area (Å²) in [6, 6.07) is 7.19. The molecule has 7 nitrogen and oxygen atoms in total. The highest BCUT2D eigenvalue weighted by Crippen LogP contribution is 2.23. The van der Waals surface area contributed by atoms with Crippen molar-refractivity contribution in [2.75, 3.05) is 0 Å². The minimum atomic E-state index is -4.42. The monoisotopic (exact) mass is 238 g/mol. The van der Waals surface area contributed by atoms with Crippen LogP contribution >= 0.6 is 0 Å². The zero-order valence-electron chi connectivity index (χ0n) is 7.82. The zero-order chi connectivity index (χ0) is 11.3. The first kappa shape index (κ1) is 9.31. The van der Waals surface area contributed by atoms with E-state index in [0.717, 1.165) is 10.9 Å². The van der Waals surface area contributed by atoms with Crippen molar-refractivity contribution in [3.05, 3.63) is 24.3 Å². The Morgan fingerprint density at radius 2 is 2.06 bits per heavy atom. The van der Waals surface area contributed by atoms with Crippen LogP contribution in [0.4, 0.5) is 0 Å². The molecule has 0 saturated heterocycles. The Labute approximate surface area is 89.6 Å². The van der Waals surface area contributed by atoms with E-state index in [0.29, 0.717) is 9.60 Å². The number of rotatable bonds is 1. The van der Waals surface area contributed by atoms with E-state index in [-0.39, 0.29) is 5.65 Å². The SMILES string of the molecule is O=S(=O)(O)n1nnc2c3ccccc3[nH]c21. The summed E-state index contributed by atoms with van der Waals surface area (Å²) in [6.45, 7) is 0. The van der Waals surface area contributed by atoms with Gasteiger partial charge in [-0.25, -0.2) is 0 Å². The van der Waals surface area contributed by atoms with Crippen molar-refractivity contribution in [2.45, 2.75) is 0 Å². The van der Waals surface area contributed by atoms with Gasteiger partial charge in [-0.3, -0.25) is 4.55 Å². The third-order valence-corrected chi connectivity index (χ3v) is 2.99. The Morgan fingerprint density at radius 1 is 1.31 bits per heavy atom. The van der Waals surface area contributed by atoms with Gasteiger partial charge in [0.1, 0.15) is 5.52 Å². The Balaban J connectivity index is 2.53. The van der Waals surface area contributed by atoms with Gasteiger partial charge in [-0.1, -0.05) is 22.3 Å². The van der Waals surface area contributed by atoms with E-state index in [1.807, 2.05) is 12.1 Å². The number of hydrogen-bond donors (Lipinski definition) is 2. The normalized spacial score (nSPS) is 12.6. The number of aromatic amines is 1. The third-order valence-electron chi connectivity index (χ3n) is 2.30. The molecule has 3 aromatic rings. The largest absolute Gasteiger partial charge is 0.382 e. The van der Waals surface area contributed by atoms with Crippen molar-refractivity contribution in [1.29, 1.82) is 0 Å². The van der Waals surface area contributed by atoms with Gasteiger partial charge in [-0.05, 0) is 11.3 Å². The van der Waals surface area contributed by atoms with Crippen molar-refractivity contribution in [2.24, 2.45) is 0 Å². The first-order valence-corrected chi connectivity index (χ1v) is 5.77. The van der Waals surface area contributed by atoms with Gasteiger partial charge in [0.25, 0.3) is 0 Å². The van der Waals surface area contributed by atoms with E-state index < -0.39 is 10.3 Å². The van der Waals surface area contributed by atoms with Gasteiger partial charge in [0.15, 0.2) is 5.65 Å². The fourth-order valence-electron chi connectivity index (χ4n) is 1.64. The van der Waals surface area contributed by atoms with E-state index in [1.165, 1.54) is 0 Å². The first-order chi connectivity index (χ1) is 7.57. The molecule has 0 unspecified atom stereocenters. The van der Waals surface area contributed by atoms with E-state index in [2.05, 4.69) is 15.3 Å². The van der Waals surface area contributed by atoms with E-state index in [1.54, 1.807) is 12.1 Å². The molecule has 0 aliphatic rings. The number of H-pyrrole nitrogens is 1. The molecule has 2 N–H and O–H groups in total. The Bertz CT molecular complexity index is 786. The highest BCUT2D eigenvalue weighted by atomic mass is 32.2. The third kappa shape index (κ3) is 1.14. The lowest BCUT2D eigenvalue weighted by molar-refractivity contribution is 0.465. The van der Waals surface area contributed by atoms with Crippen LogP contribution in [-0.4, -0.2) is 32.4 Å². The van der Waals surface area contributed by atoms with E-state index >= 15 is 0 Å². The van der Waals surface area contributed by atoms with Crippen LogP contribution < -0.4 is 0 Å². The molecule has 16 heavy (non-hydrogen) atoms. The number of nitrogens with zero attached hydrogens (tertiary/aromatic N) is 3. The molecule has 2 heterocycles. The van der Waals surface area contributed by atoms with Crippen LogP contribution in [0.1, 0.15) is 0 Å². The molecule has 2 aromatic heterocycles. The summed E-state index contributed by atoms with van der Waals surface area (Å²) in [4.78, 5) is 2.83. The summed E-state index contributed by atoms with van der Waals surface area (Å²) >= 11 is 0. The topological polar surface area (TPSA) is 101 Å². The predicted octanol–water partition coefficient (Wildman–Crippen LogP) is 0.564. The smallest absolute Gasteiger partial charge is 0.337 e. The van der Waals surface area contributed by atoms with Crippen LogP contribution in [-0.2, 0) is 10.3 Å². The maximum absolute atomic E-state index is 11.0. The van der Waals surface area contributed by atoms with Gasteiger partial charge >= 0.3 is 10.3 Å². The number of benzene rings is 1. The molecule has 0 radical (unpaired) electrons. The van der Waals surface area contributed by atoms with Crippen LogP contribution in [0.5, 0.6) is 0 Å². The maximum Gasteiger partial charge on any atom is 0.382 e. The summed E-state index contributed by atoms with van der Waals surface area (Å²) in [5.74, 6) is 0. The fourth-order valence-corrected chi connectivity index (χ4v) is 2.14. The maximum atomic E-state index is 11.0. The molecule has 1 aromatic carbocycles. The molecule has 82 valence electrons. The summed E-state index contributed by atoms with van der Waals surface area (Å²) in [5.41, 5.74) is 1.30. The van der Waals surface area contributed by atoms with Crippen LogP contribution in [0.3, 0.4) is 0 Å². The summed E-state index contributed by atoms with van der Waals surface area (Å²) in [7, 11) is -4.42. The first-order valence-electron chi connectivity index (χ1n) is 4.37. The minimum Gasteiger partial charge on any atom is -0.337 e. The fraction of sp³-hybridized carbons (Fsp3) is 0. The Morgan fingerprint density at radius 3 is 2.81 bits per heavy atom. The van der Waals surface area contributed by atoms with Crippen molar-refractivity contribution >= 4 is 32.4 Å². The van der Waals surface area contributed by atoms with E-state index in [4.69, 9.17) is 4.55 Å². The molecular formula is C8H6N4O3S. The van der Waals surface area contributed by atoms with Gasteiger partial charge in [-0.15, -0.1) is 5.10 Å². The number of fused-ring (bicyclic) bond motifs is 3. The molecular weight excluding hydrogens is 232 g/mol. The molecule has 8 heteroatoms. The number of nitrogens with one attached hydrogen (secondary N) is 1. The standard InChI is InChI=1S/C8H6N4O3S/c13-16(14,15)12-8-7(10-11-12)5-3-1-2-4-6(5)9-8/h1-4,9H,(H,13,14,15). The average Bonchev–Trinajstić information content (AvgIpc) is 2.73. The highest BCUT2D eigenvalue weighted by molar-refractivity contribution is 7.84. The summed E-state index contributed by atoms with van der Waals surface area (Å²) in [5, 5.41) is 7.85. The van der Waals surface area contributed by atoms with E-state index in [9.17, 15) is 8.42 Å². The lowest BCUT2D eigenvalue weighted by Crippen LogP contribution is -2.12.